The Labute approximate surface area is 236 Å². The summed E-state index contributed by atoms with van der Waals surface area (Å²) >= 11 is 13.4. The van der Waals surface area contributed by atoms with Crippen molar-refractivity contribution in [2.45, 2.75) is 26.4 Å². The highest BCUT2D eigenvalue weighted by atomic mass is 79.9. The van der Waals surface area contributed by atoms with Crippen LogP contribution < -0.4 is 10.3 Å². The molecule has 0 saturated heterocycles. The second-order valence-electron chi connectivity index (χ2n) is 8.53. The zero-order valence-corrected chi connectivity index (χ0v) is 23.8. The van der Waals surface area contributed by atoms with Crippen molar-refractivity contribution in [2.24, 2.45) is 5.10 Å². The molecule has 186 valence electrons. The molecule has 5 nitrogen and oxygen atoms in total. The summed E-state index contributed by atoms with van der Waals surface area (Å²) in [7, 11) is 0. The third-order valence-electron chi connectivity index (χ3n) is 5.95. The van der Waals surface area contributed by atoms with Gasteiger partial charge in [0.25, 0.3) is 5.56 Å². The van der Waals surface area contributed by atoms with Crippen LogP contribution in [0.1, 0.15) is 30.3 Å². The topological polar surface area (TPSA) is 56.5 Å². The molecule has 8 heteroatoms. The molecule has 0 fully saturated rings. The molecule has 0 aliphatic heterocycles. The van der Waals surface area contributed by atoms with E-state index in [9.17, 15) is 4.79 Å². The quantitative estimate of drug-likeness (QED) is 0.169. The van der Waals surface area contributed by atoms with Crippen molar-refractivity contribution in [3.05, 3.63) is 114 Å². The van der Waals surface area contributed by atoms with Crippen LogP contribution in [0.2, 0.25) is 5.02 Å². The van der Waals surface area contributed by atoms with Gasteiger partial charge in [-0.15, -0.1) is 0 Å². The minimum Gasteiger partial charge on any atom is -0.487 e. The van der Waals surface area contributed by atoms with E-state index >= 15 is 0 Å². The summed E-state index contributed by atoms with van der Waals surface area (Å²) in [5.41, 5.74) is 2.12. The molecule has 0 saturated carbocycles. The maximum atomic E-state index is 13.4. The van der Waals surface area contributed by atoms with E-state index in [4.69, 9.17) is 21.3 Å². The van der Waals surface area contributed by atoms with Crippen LogP contribution in [0.5, 0.6) is 5.75 Å². The van der Waals surface area contributed by atoms with Crippen molar-refractivity contribution in [2.75, 3.05) is 0 Å². The standard InChI is InChI=1S/C29H22Br2ClN3O2/c1-2-6-27-34-26-12-11-21(30)14-24(26)29(36)35(27)33-16-20-13-22(32)15-25(31)28(20)37-17-19-9-5-8-18-7-3-4-10-23(18)19/h3-5,7-16H,2,6,17H2,1H3. The highest BCUT2D eigenvalue weighted by Gasteiger charge is 2.13. The van der Waals surface area contributed by atoms with Crippen molar-refractivity contribution < 1.29 is 4.74 Å². The molecule has 0 spiro atoms. The molecule has 0 N–H and O–H groups in total. The zero-order valence-electron chi connectivity index (χ0n) is 19.9. The maximum Gasteiger partial charge on any atom is 0.282 e. The van der Waals surface area contributed by atoms with E-state index in [2.05, 4.69) is 61.2 Å². The van der Waals surface area contributed by atoms with Crippen LogP contribution in [0.25, 0.3) is 21.7 Å². The normalized spacial score (nSPS) is 11.6. The number of aryl methyl sites for hydroxylation is 1. The average Bonchev–Trinajstić information content (AvgIpc) is 2.88. The Morgan fingerprint density at radius 2 is 1.84 bits per heavy atom. The van der Waals surface area contributed by atoms with E-state index < -0.39 is 0 Å². The molecular weight excluding hydrogens is 618 g/mol. The van der Waals surface area contributed by atoms with Crippen LogP contribution in [0.4, 0.5) is 0 Å². The van der Waals surface area contributed by atoms with Crippen molar-refractivity contribution in [3.63, 3.8) is 0 Å². The summed E-state index contributed by atoms with van der Waals surface area (Å²) in [5.74, 6) is 1.18. The third kappa shape index (κ3) is 5.49. The number of benzene rings is 4. The predicted molar refractivity (Wildman–Crippen MR) is 158 cm³/mol. The molecule has 0 aliphatic carbocycles. The van der Waals surface area contributed by atoms with Crippen molar-refractivity contribution >= 4 is 71.4 Å². The van der Waals surface area contributed by atoms with Gasteiger partial charge in [0, 0.05) is 21.5 Å². The summed E-state index contributed by atoms with van der Waals surface area (Å²) in [6.07, 6.45) is 3.04. The van der Waals surface area contributed by atoms with E-state index in [1.807, 2.05) is 37.3 Å². The van der Waals surface area contributed by atoms with Crippen LogP contribution in [-0.4, -0.2) is 15.9 Å². The Bertz CT molecular complexity index is 1710. The first-order chi connectivity index (χ1) is 17.9. The lowest BCUT2D eigenvalue weighted by Crippen LogP contribution is -2.22. The molecule has 0 bridgehead atoms. The van der Waals surface area contributed by atoms with E-state index in [0.29, 0.717) is 50.6 Å². The number of hydrogen-bond donors (Lipinski definition) is 0. The third-order valence-corrected chi connectivity index (χ3v) is 7.25. The highest BCUT2D eigenvalue weighted by Crippen LogP contribution is 2.33. The Kier molecular flexibility index (Phi) is 7.74. The number of nitrogens with zero attached hydrogens (tertiary/aromatic N) is 3. The summed E-state index contributed by atoms with van der Waals surface area (Å²) < 4.78 is 9.16. The van der Waals surface area contributed by atoms with Crippen LogP contribution in [0.3, 0.4) is 0 Å². The summed E-state index contributed by atoms with van der Waals surface area (Å²) in [6, 6.07) is 23.4. The van der Waals surface area contributed by atoms with E-state index in [1.54, 1.807) is 24.4 Å². The predicted octanol–water partition coefficient (Wildman–Crippen LogP) is 8.14. The van der Waals surface area contributed by atoms with Crippen LogP contribution in [0, 0.1) is 0 Å². The average molecular weight is 640 g/mol. The van der Waals surface area contributed by atoms with Gasteiger partial charge < -0.3 is 4.74 Å². The lowest BCUT2D eigenvalue weighted by atomic mass is 10.1. The molecule has 4 aromatic carbocycles. The van der Waals surface area contributed by atoms with Gasteiger partial charge in [0.15, 0.2) is 0 Å². The molecule has 0 unspecified atom stereocenters. The Morgan fingerprint density at radius 1 is 1.03 bits per heavy atom. The molecule has 0 radical (unpaired) electrons. The maximum absolute atomic E-state index is 13.4. The molecule has 5 rings (SSSR count). The minimum absolute atomic E-state index is 0.231. The number of rotatable bonds is 7. The summed E-state index contributed by atoms with van der Waals surface area (Å²) in [4.78, 5) is 18.1. The molecular formula is C29H22Br2ClN3O2. The zero-order chi connectivity index (χ0) is 25.9. The van der Waals surface area contributed by atoms with Gasteiger partial charge in [-0.05, 0) is 69.0 Å². The number of halogens is 3. The van der Waals surface area contributed by atoms with Gasteiger partial charge in [0.2, 0.25) is 0 Å². The van der Waals surface area contributed by atoms with Crippen LogP contribution >= 0.6 is 43.5 Å². The lowest BCUT2D eigenvalue weighted by Gasteiger charge is -2.14. The smallest absolute Gasteiger partial charge is 0.282 e. The first-order valence-electron chi connectivity index (χ1n) is 11.8. The van der Waals surface area contributed by atoms with Gasteiger partial charge in [-0.3, -0.25) is 4.79 Å². The Balaban J connectivity index is 1.54. The van der Waals surface area contributed by atoms with Crippen molar-refractivity contribution in [1.29, 1.82) is 0 Å². The molecule has 5 aromatic rings. The molecule has 0 amide bonds. The van der Waals surface area contributed by atoms with Gasteiger partial charge >= 0.3 is 0 Å². The first kappa shape index (κ1) is 25.6. The monoisotopic (exact) mass is 637 g/mol. The fraction of sp³-hybridized carbons (Fsp3) is 0.138. The highest BCUT2D eigenvalue weighted by molar-refractivity contribution is 9.10. The Hall–Kier alpha value is -3.00. The summed E-state index contributed by atoms with van der Waals surface area (Å²) in [5, 5.41) is 7.86. The second kappa shape index (κ2) is 11.2. The fourth-order valence-electron chi connectivity index (χ4n) is 4.22. The van der Waals surface area contributed by atoms with Crippen molar-refractivity contribution in [3.8, 4) is 5.75 Å². The number of aromatic nitrogens is 2. The SMILES string of the molecule is CCCc1nc2ccc(Br)cc2c(=O)n1N=Cc1cc(Cl)cc(Br)c1OCc1cccc2ccccc12. The van der Waals surface area contributed by atoms with Gasteiger partial charge in [-0.1, -0.05) is 76.9 Å². The van der Waals surface area contributed by atoms with Gasteiger partial charge in [-0.25, -0.2) is 4.98 Å². The number of ether oxygens (including phenoxy) is 1. The van der Waals surface area contributed by atoms with E-state index in [1.165, 1.54) is 4.68 Å². The first-order valence-corrected chi connectivity index (χ1v) is 13.7. The molecule has 0 atom stereocenters. The molecule has 37 heavy (non-hydrogen) atoms. The molecule has 0 aliphatic rings. The second-order valence-corrected chi connectivity index (χ2v) is 10.7. The van der Waals surface area contributed by atoms with Gasteiger partial charge in [0.05, 0.1) is 21.6 Å². The lowest BCUT2D eigenvalue weighted by molar-refractivity contribution is 0.305. The summed E-state index contributed by atoms with van der Waals surface area (Å²) in [6.45, 7) is 2.40. The van der Waals surface area contributed by atoms with Crippen molar-refractivity contribution in [1.82, 2.24) is 9.66 Å². The minimum atomic E-state index is -0.231. The molecule has 1 heterocycles. The molecule has 1 aromatic heterocycles. The van der Waals surface area contributed by atoms with E-state index in [0.717, 1.165) is 27.2 Å². The van der Waals surface area contributed by atoms with Crippen LogP contribution in [-0.2, 0) is 13.0 Å². The van der Waals surface area contributed by atoms with Gasteiger partial charge in [0.1, 0.15) is 18.2 Å². The Morgan fingerprint density at radius 3 is 2.68 bits per heavy atom. The van der Waals surface area contributed by atoms with Gasteiger partial charge in [-0.2, -0.15) is 9.78 Å². The number of hydrogen-bond acceptors (Lipinski definition) is 4. The van der Waals surface area contributed by atoms with Crippen LogP contribution in [0.15, 0.2) is 91.6 Å². The number of fused-ring (bicyclic) bond motifs is 2. The fourth-order valence-corrected chi connectivity index (χ4v) is 5.53. The largest absolute Gasteiger partial charge is 0.487 e. The van der Waals surface area contributed by atoms with E-state index in [-0.39, 0.29) is 5.56 Å².